The molecule has 1 aliphatic rings. The first kappa shape index (κ1) is 17.2. The van der Waals surface area contributed by atoms with Crippen LogP contribution < -0.4 is 10.6 Å². The van der Waals surface area contributed by atoms with Gasteiger partial charge in [0, 0.05) is 38.4 Å². The lowest BCUT2D eigenvalue weighted by atomic mass is 10.2. The highest BCUT2D eigenvalue weighted by molar-refractivity contribution is 14.0. The van der Waals surface area contributed by atoms with Crippen LogP contribution in [0.5, 0.6) is 0 Å². The van der Waals surface area contributed by atoms with Gasteiger partial charge in [0.1, 0.15) is 0 Å². The summed E-state index contributed by atoms with van der Waals surface area (Å²) in [5.41, 5.74) is 1.15. The summed E-state index contributed by atoms with van der Waals surface area (Å²) in [5, 5.41) is 20.6. The summed E-state index contributed by atoms with van der Waals surface area (Å²) in [7, 11) is 3.57. The number of hydrogen-bond acceptors (Lipinski definition) is 3. The number of aliphatic hydroxyl groups is 1. The van der Waals surface area contributed by atoms with Crippen molar-refractivity contribution in [1.82, 2.24) is 20.4 Å². The van der Waals surface area contributed by atoms with Gasteiger partial charge in [-0.2, -0.15) is 5.10 Å². The fraction of sp³-hybridized carbons (Fsp3) is 0.692. The first-order valence-electron chi connectivity index (χ1n) is 6.56. The van der Waals surface area contributed by atoms with Crippen LogP contribution in [0.1, 0.15) is 31.9 Å². The molecular formula is C13H24IN5O. The second-order valence-corrected chi connectivity index (χ2v) is 5.81. The molecule has 6 nitrogen and oxygen atoms in total. The molecule has 1 aromatic heterocycles. The minimum absolute atomic E-state index is 0. The number of nitrogens with one attached hydrogen (secondary N) is 2. The summed E-state index contributed by atoms with van der Waals surface area (Å²) in [6.07, 6.45) is 4.05. The molecular weight excluding hydrogens is 369 g/mol. The van der Waals surface area contributed by atoms with Crippen LogP contribution in [0, 0.1) is 5.41 Å². The molecule has 0 aromatic carbocycles. The Kier molecular flexibility index (Phi) is 5.81. The fourth-order valence-electron chi connectivity index (χ4n) is 2.00. The summed E-state index contributed by atoms with van der Waals surface area (Å²) >= 11 is 0. The number of nitrogens with zero attached hydrogens (tertiary/aromatic N) is 3. The molecule has 1 fully saturated rings. The summed E-state index contributed by atoms with van der Waals surface area (Å²) in [6, 6.07) is 0.467. The van der Waals surface area contributed by atoms with E-state index >= 15 is 0 Å². The van der Waals surface area contributed by atoms with E-state index in [0.29, 0.717) is 18.0 Å². The van der Waals surface area contributed by atoms with Crippen LogP contribution in [0.15, 0.2) is 17.4 Å². The Morgan fingerprint density at radius 2 is 2.30 bits per heavy atom. The monoisotopic (exact) mass is 393 g/mol. The van der Waals surface area contributed by atoms with Crippen molar-refractivity contribution in [3.8, 4) is 0 Å². The number of aryl methyl sites for hydroxylation is 1. The number of aromatic nitrogens is 2. The summed E-state index contributed by atoms with van der Waals surface area (Å²) < 4.78 is 1.68. The highest BCUT2D eigenvalue weighted by Crippen LogP contribution is 2.44. The van der Waals surface area contributed by atoms with Gasteiger partial charge in [-0.15, -0.1) is 24.0 Å². The highest BCUT2D eigenvalue weighted by Gasteiger charge is 2.46. The second-order valence-electron chi connectivity index (χ2n) is 5.81. The largest absolute Gasteiger partial charge is 0.386 e. The maximum Gasteiger partial charge on any atom is 0.191 e. The van der Waals surface area contributed by atoms with Gasteiger partial charge in [0.15, 0.2) is 5.96 Å². The van der Waals surface area contributed by atoms with Gasteiger partial charge >= 0.3 is 0 Å². The van der Waals surface area contributed by atoms with Gasteiger partial charge < -0.3 is 15.7 Å². The van der Waals surface area contributed by atoms with Gasteiger partial charge in [0.25, 0.3) is 0 Å². The molecule has 2 atom stereocenters. The normalized spacial score (nSPS) is 21.9. The maximum absolute atomic E-state index is 10.0. The zero-order valence-electron chi connectivity index (χ0n) is 12.4. The molecule has 114 valence electrons. The van der Waals surface area contributed by atoms with Crippen LogP contribution >= 0.6 is 24.0 Å². The Morgan fingerprint density at radius 1 is 1.65 bits per heavy atom. The number of aliphatic hydroxyl groups excluding tert-OH is 1. The van der Waals surface area contributed by atoms with Crippen molar-refractivity contribution in [2.45, 2.75) is 32.4 Å². The zero-order valence-corrected chi connectivity index (χ0v) is 14.8. The Morgan fingerprint density at radius 3 is 2.75 bits per heavy atom. The van der Waals surface area contributed by atoms with E-state index in [9.17, 15) is 5.11 Å². The average Bonchev–Trinajstić information content (AvgIpc) is 2.75. The molecule has 0 spiro atoms. The first-order chi connectivity index (χ1) is 8.92. The Labute approximate surface area is 137 Å². The Balaban J connectivity index is 0.00000200. The number of halogens is 1. The van der Waals surface area contributed by atoms with E-state index in [2.05, 4.69) is 34.6 Å². The van der Waals surface area contributed by atoms with Crippen molar-refractivity contribution in [3.05, 3.63) is 18.0 Å². The predicted octanol–water partition coefficient (Wildman–Crippen LogP) is 1.03. The van der Waals surface area contributed by atoms with Crippen LogP contribution in [-0.4, -0.2) is 40.5 Å². The molecule has 0 amide bonds. The molecule has 7 heteroatoms. The lowest BCUT2D eigenvalue weighted by molar-refractivity contribution is 0.180. The molecule has 0 aliphatic heterocycles. The zero-order chi connectivity index (χ0) is 14.0. The topological polar surface area (TPSA) is 74.5 Å². The molecule has 20 heavy (non-hydrogen) atoms. The molecule has 1 aliphatic carbocycles. The minimum atomic E-state index is -0.584. The van der Waals surface area contributed by atoms with E-state index in [0.717, 1.165) is 17.9 Å². The van der Waals surface area contributed by atoms with Crippen molar-refractivity contribution in [2.24, 2.45) is 17.5 Å². The number of guanidine groups is 1. The average molecular weight is 393 g/mol. The van der Waals surface area contributed by atoms with E-state index in [-0.39, 0.29) is 24.0 Å². The van der Waals surface area contributed by atoms with Crippen molar-refractivity contribution in [1.29, 1.82) is 0 Å². The van der Waals surface area contributed by atoms with Gasteiger partial charge in [-0.25, -0.2) is 0 Å². The predicted molar refractivity (Wildman–Crippen MR) is 90.3 cm³/mol. The Bertz CT molecular complexity index is 471. The van der Waals surface area contributed by atoms with E-state index in [4.69, 9.17) is 0 Å². The minimum Gasteiger partial charge on any atom is -0.386 e. The molecule has 0 saturated heterocycles. The van der Waals surface area contributed by atoms with Crippen LogP contribution in [0.3, 0.4) is 0 Å². The third-order valence-corrected chi connectivity index (χ3v) is 3.62. The van der Waals surface area contributed by atoms with Crippen LogP contribution in [-0.2, 0) is 7.05 Å². The number of rotatable bonds is 4. The Hall–Kier alpha value is -0.830. The molecule has 1 heterocycles. The van der Waals surface area contributed by atoms with Gasteiger partial charge in [0.2, 0.25) is 0 Å². The van der Waals surface area contributed by atoms with E-state index in [1.54, 1.807) is 17.9 Å². The smallest absolute Gasteiger partial charge is 0.191 e. The van der Waals surface area contributed by atoms with Crippen LogP contribution in [0.2, 0.25) is 0 Å². The van der Waals surface area contributed by atoms with Crippen molar-refractivity contribution >= 4 is 29.9 Å². The summed E-state index contributed by atoms with van der Waals surface area (Å²) in [4.78, 5) is 4.17. The maximum atomic E-state index is 10.0. The standard InChI is InChI=1S/C13H23N5O.HI/c1-13(2)5-11(13)17-12(14-3)15-7-10(19)9-6-16-18(4)8-9;/h6,8,10-11,19H,5,7H2,1-4H3,(H2,14,15,17);1H. The molecule has 2 rings (SSSR count). The summed E-state index contributed by atoms with van der Waals surface area (Å²) in [6.45, 7) is 4.86. The highest BCUT2D eigenvalue weighted by atomic mass is 127. The lowest BCUT2D eigenvalue weighted by Gasteiger charge is -2.15. The number of hydrogen-bond donors (Lipinski definition) is 3. The molecule has 0 radical (unpaired) electrons. The van der Waals surface area contributed by atoms with Gasteiger partial charge in [0.05, 0.1) is 12.3 Å². The third kappa shape index (κ3) is 4.34. The number of aliphatic imine (C=N–C) groups is 1. The molecule has 3 N–H and O–H groups in total. The molecule has 1 aromatic rings. The van der Waals surface area contributed by atoms with E-state index in [1.165, 1.54) is 0 Å². The lowest BCUT2D eigenvalue weighted by Crippen LogP contribution is -2.41. The van der Waals surface area contributed by atoms with Crippen LogP contribution in [0.4, 0.5) is 0 Å². The van der Waals surface area contributed by atoms with Crippen molar-refractivity contribution < 1.29 is 5.11 Å². The van der Waals surface area contributed by atoms with Gasteiger partial charge in [-0.3, -0.25) is 9.67 Å². The van der Waals surface area contributed by atoms with Gasteiger partial charge in [-0.1, -0.05) is 13.8 Å². The fourth-order valence-corrected chi connectivity index (χ4v) is 2.00. The van der Waals surface area contributed by atoms with Crippen LogP contribution in [0.25, 0.3) is 0 Å². The quantitative estimate of drug-likeness (QED) is 0.406. The molecule has 2 unspecified atom stereocenters. The summed E-state index contributed by atoms with van der Waals surface area (Å²) in [5.74, 6) is 0.735. The SMILES string of the molecule is CN=C(NCC(O)c1cnn(C)c1)NC1CC1(C)C.I. The van der Waals surface area contributed by atoms with Crippen molar-refractivity contribution in [2.75, 3.05) is 13.6 Å². The van der Waals surface area contributed by atoms with Crippen molar-refractivity contribution in [3.63, 3.8) is 0 Å². The second kappa shape index (κ2) is 6.75. The molecule has 0 bridgehead atoms. The van der Waals surface area contributed by atoms with E-state index in [1.807, 2.05) is 13.2 Å². The third-order valence-electron chi connectivity index (χ3n) is 3.62. The van der Waals surface area contributed by atoms with E-state index < -0.39 is 6.10 Å². The first-order valence-corrected chi connectivity index (χ1v) is 6.56. The van der Waals surface area contributed by atoms with Gasteiger partial charge in [-0.05, 0) is 11.8 Å². The molecule has 1 saturated carbocycles.